The Morgan fingerprint density at radius 1 is 1.42 bits per heavy atom. The number of nitrogens with zero attached hydrogens (tertiary/aromatic N) is 2. The fraction of sp³-hybridized carbons (Fsp3) is 0.286. The summed E-state index contributed by atoms with van der Waals surface area (Å²) in [5.41, 5.74) is 2.83. The van der Waals surface area contributed by atoms with Crippen molar-refractivity contribution in [3.63, 3.8) is 0 Å². The number of carboxylic acid groups (broad SMARTS) is 1. The lowest BCUT2D eigenvalue weighted by molar-refractivity contribution is 0.0689. The highest BCUT2D eigenvalue weighted by Gasteiger charge is 2.13. The predicted octanol–water partition coefficient (Wildman–Crippen LogP) is 2.36. The molecule has 0 amide bonds. The molecule has 5 nitrogen and oxygen atoms in total. The van der Waals surface area contributed by atoms with Gasteiger partial charge in [-0.25, -0.2) is 4.79 Å². The van der Waals surface area contributed by atoms with Crippen LogP contribution in [-0.4, -0.2) is 28.0 Å². The molecular weight excluding hydrogens is 244 g/mol. The van der Waals surface area contributed by atoms with Crippen LogP contribution >= 0.6 is 0 Å². The summed E-state index contributed by atoms with van der Waals surface area (Å²) in [7, 11) is 3.37. The minimum Gasteiger partial charge on any atom is -0.496 e. The van der Waals surface area contributed by atoms with Crippen LogP contribution in [0.1, 0.15) is 23.0 Å². The van der Waals surface area contributed by atoms with Crippen LogP contribution < -0.4 is 4.74 Å². The van der Waals surface area contributed by atoms with Gasteiger partial charge in [0.15, 0.2) is 5.69 Å². The Balaban J connectivity index is 2.50. The van der Waals surface area contributed by atoms with Crippen LogP contribution in [0.15, 0.2) is 24.3 Å². The average molecular weight is 260 g/mol. The number of carbonyl (C=O) groups is 1. The maximum absolute atomic E-state index is 10.9. The second-order valence-electron chi connectivity index (χ2n) is 4.22. The smallest absolute Gasteiger partial charge is 0.356 e. The standard InChI is InChI=1S/C14H16N2O3/c1-4-9-7-10(5-6-13(9)19-3)12-8-11(14(17)18)15-16(12)2/h5-8H,4H2,1-3H3,(H,17,18). The minimum absolute atomic E-state index is 0.0476. The van der Waals surface area contributed by atoms with E-state index in [-0.39, 0.29) is 5.69 Å². The van der Waals surface area contributed by atoms with E-state index in [0.717, 1.165) is 29.0 Å². The molecule has 0 unspecified atom stereocenters. The van der Waals surface area contributed by atoms with E-state index in [4.69, 9.17) is 9.84 Å². The van der Waals surface area contributed by atoms with Crippen molar-refractivity contribution in [2.45, 2.75) is 13.3 Å². The SMILES string of the molecule is CCc1cc(-c2cc(C(=O)O)nn2C)ccc1OC. The predicted molar refractivity (Wildman–Crippen MR) is 71.5 cm³/mol. The molecule has 1 heterocycles. The first-order valence-electron chi connectivity index (χ1n) is 6.01. The molecule has 0 aliphatic carbocycles. The monoisotopic (exact) mass is 260 g/mol. The number of hydrogen-bond donors (Lipinski definition) is 1. The van der Waals surface area contributed by atoms with Crippen molar-refractivity contribution in [3.05, 3.63) is 35.5 Å². The van der Waals surface area contributed by atoms with Gasteiger partial charge in [0, 0.05) is 12.6 Å². The highest BCUT2D eigenvalue weighted by molar-refractivity contribution is 5.87. The quantitative estimate of drug-likeness (QED) is 0.916. The average Bonchev–Trinajstić information content (AvgIpc) is 2.80. The van der Waals surface area contributed by atoms with E-state index in [0.29, 0.717) is 0 Å². The van der Waals surface area contributed by atoms with Crippen molar-refractivity contribution in [2.75, 3.05) is 7.11 Å². The van der Waals surface area contributed by atoms with Gasteiger partial charge in [0.2, 0.25) is 0 Å². The van der Waals surface area contributed by atoms with Gasteiger partial charge in [-0.15, -0.1) is 0 Å². The Morgan fingerprint density at radius 2 is 2.16 bits per heavy atom. The van der Waals surface area contributed by atoms with Gasteiger partial charge in [-0.1, -0.05) is 6.92 Å². The van der Waals surface area contributed by atoms with Crippen molar-refractivity contribution in [2.24, 2.45) is 7.05 Å². The van der Waals surface area contributed by atoms with Gasteiger partial charge in [0.05, 0.1) is 12.8 Å². The molecule has 2 aromatic rings. The summed E-state index contributed by atoms with van der Waals surface area (Å²) in [4.78, 5) is 10.9. The fourth-order valence-corrected chi connectivity index (χ4v) is 2.06. The van der Waals surface area contributed by atoms with Crippen LogP contribution in [-0.2, 0) is 13.5 Å². The number of benzene rings is 1. The van der Waals surface area contributed by atoms with Gasteiger partial charge < -0.3 is 9.84 Å². The molecule has 0 saturated heterocycles. The van der Waals surface area contributed by atoms with Crippen molar-refractivity contribution in [1.29, 1.82) is 0 Å². The zero-order valence-corrected chi connectivity index (χ0v) is 11.2. The minimum atomic E-state index is -1.02. The Hall–Kier alpha value is -2.30. The van der Waals surface area contributed by atoms with Crippen LogP contribution in [0.5, 0.6) is 5.75 Å². The van der Waals surface area contributed by atoms with Gasteiger partial charge in [-0.2, -0.15) is 5.10 Å². The third-order valence-corrected chi connectivity index (χ3v) is 3.06. The first-order valence-corrected chi connectivity index (χ1v) is 6.01. The summed E-state index contributed by atoms with van der Waals surface area (Å²) >= 11 is 0. The van der Waals surface area contributed by atoms with E-state index in [2.05, 4.69) is 5.10 Å². The second-order valence-corrected chi connectivity index (χ2v) is 4.22. The van der Waals surface area contributed by atoms with Crippen molar-refractivity contribution in [1.82, 2.24) is 9.78 Å². The molecule has 0 fully saturated rings. The fourth-order valence-electron chi connectivity index (χ4n) is 2.06. The normalized spacial score (nSPS) is 10.5. The summed E-state index contributed by atoms with van der Waals surface area (Å²) in [6, 6.07) is 7.37. The van der Waals surface area contributed by atoms with Crippen LogP contribution in [0.2, 0.25) is 0 Å². The van der Waals surface area contributed by atoms with Crippen LogP contribution in [0.3, 0.4) is 0 Å². The molecule has 100 valence electrons. The largest absolute Gasteiger partial charge is 0.496 e. The number of methoxy groups -OCH3 is 1. The summed E-state index contributed by atoms with van der Waals surface area (Å²) < 4.78 is 6.86. The molecule has 0 aliphatic rings. The topological polar surface area (TPSA) is 64.3 Å². The summed E-state index contributed by atoms with van der Waals surface area (Å²) in [6.45, 7) is 2.05. The van der Waals surface area contributed by atoms with E-state index in [1.165, 1.54) is 0 Å². The first-order chi connectivity index (χ1) is 9.06. The summed E-state index contributed by atoms with van der Waals surface area (Å²) in [6.07, 6.45) is 0.848. The Morgan fingerprint density at radius 3 is 2.68 bits per heavy atom. The number of aromatic carboxylic acids is 1. The van der Waals surface area contributed by atoms with Gasteiger partial charge in [0.25, 0.3) is 0 Å². The summed E-state index contributed by atoms with van der Waals surface area (Å²) in [5.74, 6) is -0.182. The van der Waals surface area contributed by atoms with Gasteiger partial charge in [-0.05, 0) is 36.2 Å². The van der Waals surface area contributed by atoms with Gasteiger partial charge in [-0.3, -0.25) is 4.68 Å². The number of hydrogen-bond acceptors (Lipinski definition) is 3. The first kappa shape index (κ1) is 13.1. The van der Waals surface area contributed by atoms with Crippen molar-refractivity contribution in [3.8, 4) is 17.0 Å². The number of rotatable bonds is 4. The van der Waals surface area contributed by atoms with Crippen molar-refractivity contribution >= 4 is 5.97 Å². The maximum atomic E-state index is 10.9. The molecule has 5 heteroatoms. The Bertz CT molecular complexity index is 617. The molecule has 0 aliphatic heterocycles. The Labute approximate surface area is 111 Å². The molecule has 19 heavy (non-hydrogen) atoms. The van der Waals surface area contributed by atoms with E-state index in [1.54, 1.807) is 24.9 Å². The van der Waals surface area contributed by atoms with Crippen LogP contribution in [0.4, 0.5) is 0 Å². The Kier molecular flexibility index (Phi) is 3.55. The van der Waals surface area contributed by atoms with E-state index in [1.807, 2.05) is 25.1 Å². The second kappa shape index (κ2) is 5.14. The van der Waals surface area contributed by atoms with E-state index >= 15 is 0 Å². The number of ether oxygens (including phenoxy) is 1. The van der Waals surface area contributed by atoms with E-state index in [9.17, 15) is 4.79 Å². The molecule has 0 radical (unpaired) electrons. The van der Waals surface area contributed by atoms with Crippen LogP contribution in [0, 0.1) is 0 Å². The molecule has 0 spiro atoms. The third-order valence-electron chi connectivity index (χ3n) is 3.06. The number of carboxylic acids is 1. The molecule has 0 bridgehead atoms. The number of aryl methyl sites for hydroxylation is 2. The van der Waals surface area contributed by atoms with Crippen LogP contribution in [0.25, 0.3) is 11.3 Å². The highest BCUT2D eigenvalue weighted by Crippen LogP contribution is 2.27. The molecule has 1 aromatic heterocycles. The van der Waals surface area contributed by atoms with E-state index < -0.39 is 5.97 Å². The molecule has 1 N–H and O–H groups in total. The molecule has 0 saturated carbocycles. The van der Waals surface area contributed by atoms with Gasteiger partial charge in [0.1, 0.15) is 5.75 Å². The zero-order chi connectivity index (χ0) is 14.0. The highest BCUT2D eigenvalue weighted by atomic mass is 16.5. The van der Waals surface area contributed by atoms with Gasteiger partial charge >= 0.3 is 5.97 Å². The lowest BCUT2D eigenvalue weighted by Gasteiger charge is -2.09. The molecule has 0 atom stereocenters. The number of aromatic nitrogens is 2. The molecule has 1 aromatic carbocycles. The van der Waals surface area contributed by atoms with Crippen molar-refractivity contribution < 1.29 is 14.6 Å². The summed E-state index contributed by atoms with van der Waals surface area (Å²) in [5, 5.41) is 12.9. The maximum Gasteiger partial charge on any atom is 0.356 e. The lowest BCUT2D eigenvalue weighted by Crippen LogP contribution is -1.99. The zero-order valence-electron chi connectivity index (χ0n) is 11.2. The third kappa shape index (κ3) is 2.45. The molecule has 2 rings (SSSR count). The molecular formula is C14H16N2O3. The lowest BCUT2D eigenvalue weighted by atomic mass is 10.0.